The Hall–Kier alpha value is -2.14. The quantitative estimate of drug-likeness (QED) is 0.692. The average molecular weight is 286 g/mol. The van der Waals surface area contributed by atoms with E-state index >= 15 is 0 Å². The summed E-state index contributed by atoms with van der Waals surface area (Å²) in [5, 5.41) is 0. The summed E-state index contributed by atoms with van der Waals surface area (Å²) >= 11 is 1.60. The lowest BCUT2D eigenvalue weighted by Gasteiger charge is -2.02. The van der Waals surface area contributed by atoms with E-state index < -0.39 is 0 Å². The number of aryl methyl sites for hydroxylation is 2. The molecule has 102 valence electrons. The molecule has 0 amide bonds. The molecule has 4 nitrogen and oxygen atoms in total. The lowest BCUT2D eigenvalue weighted by atomic mass is 10.1. The Kier molecular flexibility index (Phi) is 3.06. The summed E-state index contributed by atoms with van der Waals surface area (Å²) in [6, 6.07) is 7.58. The van der Waals surface area contributed by atoms with Crippen LogP contribution in [0.5, 0.6) is 5.75 Å². The molecule has 0 aliphatic carbocycles. The Bertz CT molecular complexity index is 784. The first-order chi connectivity index (χ1) is 9.65. The van der Waals surface area contributed by atoms with Gasteiger partial charge in [0.15, 0.2) is 11.2 Å². The fourth-order valence-corrected chi connectivity index (χ4v) is 3.22. The first-order valence-electron chi connectivity index (χ1n) is 6.23. The van der Waals surface area contributed by atoms with Crippen LogP contribution in [-0.2, 0) is 0 Å². The zero-order chi connectivity index (χ0) is 14.3. The van der Waals surface area contributed by atoms with Crippen LogP contribution in [0.25, 0.3) is 16.2 Å². The maximum Gasteiger partial charge on any atom is 0.195 e. The van der Waals surface area contributed by atoms with Crippen LogP contribution in [0.4, 0.5) is 0 Å². The van der Waals surface area contributed by atoms with E-state index in [1.54, 1.807) is 18.4 Å². The molecule has 3 aromatic rings. The second-order valence-electron chi connectivity index (χ2n) is 4.55. The van der Waals surface area contributed by atoms with Crippen molar-refractivity contribution in [2.24, 2.45) is 0 Å². The van der Waals surface area contributed by atoms with Crippen molar-refractivity contribution >= 4 is 22.6 Å². The van der Waals surface area contributed by atoms with Gasteiger partial charge in [-0.2, -0.15) is 0 Å². The highest BCUT2D eigenvalue weighted by atomic mass is 32.1. The monoisotopic (exact) mass is 286 g/mol. The van der Waals surface area contributed by atoms with Crippen LogP contribution in [0.3, 0.4) is 0 Å². The van der Waals surface area contributed by atoms with Crippen LogP contribution in [0.1, 0.15) is 21.1 Å². The Morgan fingerprint density at radius 2 is 1.95 bits per heavy atom. The number of methoxy groups -OCH3 is 1. The molecule has 0 radical (unpaired) electrons. The molecule has 2 aromatic heterocycles. The largest absolute Gasteiger partial charge is 0.497 e. The molecule has 3 rings (SSSR count). The maximum absolute atomic E-state index is 11.5. The zero-order valence-corrected chi connectivity index (χ0v) is 12.3. The van der Waals surface area contributed by atoms with E-state index in [1.807, 2.05) is 42.5 Å². The summed E-state index contributed by atoms with van der Waals surface area (Å²) in [6.45, 7) is 4.04. The maximum atomic E-state index is 11.5. The molecule has 0 aliphatic rings. The van der Waals surface area contributed by atoms with Gasteiger partial charge in [0.2, 0.25) is 0 Å². The lowest BCUT2D eigenvalue weighted by Crippen LogP contribution is -1.94. The number of carbonyl (C=O) groups is 1. The summed E-state index contributed by atoms with van der Waals surface area (Å²) in [6.07, 6.45) is 0.874. The summed E-state index contributed by atoms with van der Waals surface area (Å²) in [4.78, 5) is 18.1. The molecule has 0 saturated heterocycles. The molecule has 0 atom stereocenters. The first-order valence-corrected chi connectivity index (χ1v) is 7.05. The standard InChI is InChI=1S/C15H14N2O2S/c1-9-10(2)20-15-16-14(13(8-18)17(9)15)11-4-6-12(19-3)7-5-11/h4-8H,1-3H3. The molecule has 1 aromatic carbocycles. The first kappa shape index (κ1) is 12.9. The number of aromatic nitrogens is 2. The fourth-order valence-electron chi connectivity index (χ4n) is 2.24. The smallest absolute Gasteiger partial charge is 0.195 e. The highest BCUT2D eigenvalue weighted by molar-refractivity contribution is 7.17. The molecule has 5 heteroatoms. The number of hydrogen-bond acceptors (Lipinski definition) is 4. The summed E-state index contributed by atoms with van der Waals surface area (Å²) in [7, 11) is 1.63. The van der Waals surface area contributed by atoms with Gasteiger partial charge in [-0.25, -0.2) is 4.98 Å². The van der Waals surface area contributed by atoms with E-state index in [0.717, 1.165) is 33.9 Å². The SMILES string of the molecule is COc1ccc(-c2nc3sc(C)c(C)n3c2C=O)cc1. The molecule has 0 spiro atoms. The number of benzene rings is 1. The minimum atomic E-state index is 0.604. The van der Waals surface area contributed by atoms with E-state index in [4.69, 9.17) is 4.74 Å². The van der Waals surface area contributed by atoms with E-state index in [2.05, 4.69) is 4.98 Å². The van der Waals surface area contributed by atoms with Crippen molar-refractivity contribution in [1.29, 1.82) is 0 Å². The molecular formula is C15H14N2O2S. The van der Waals surface area contributed by atoms with Gasteiger partial charge in [-0.3, -0.25) is 9.20 Å². The minimum absolute atomic E-state index is 0.604. The van der Waals surface area contributed by atoms with Crippen LogP contribution in [0.15, 0.2) is 24.3 Å². The third-order valence-electron chi connectivity index (χ3n) is 3.45. The molecule has 0 aliphatic heterocycles. The molecule has 2 heterocycles. The average Bonchev–Trinajstić information content (AvgIpc) is 2.96. The third kappa shape index (κ3) is 1.82. The number of thiazole rings is 1. The van der Waals surface area contributed by atoms with E-state index in [0.29, 0.717) is 5.69 Å². The number of fused-ring (bicyclic) bond motifs is 1. The van der Waals surface area contributed by atoms with Crippen LogP contribution < -0.4 is 4.74 Å². The van der Waals surface area contributed by atoms with Gasteiger partial charge in [0.1, 0.15) is 17.1 Å². The Balaban J connectivity index is 2.22. The van der Waals surface area contributed by atoms with Gasteiger partial charge in [0.25, 0.3) is 0 Å². The number of carbonyl (C=O) groups excluding carboxylic acids is 1. The van der Waals surface area contributed by atoms with Gasteiger partial charge in [-0.1, -0.05) is 0 Å². The van der Waals surface area contributed by atoms with Crippen molar-refractivity contribution in [3.05, 3.63) is 40.5 Å². The predicted molar refractivity (Wildman–Crippen MR) is 79.9 cm³/mol. The highest BCUT2D eigenvalue weighted by Crippen LogP contribution is 2.30. The molecule has 0 N–H and O–H groups in total. The lowest BCUT2D eigenvalue weighted by molar-refractivity contribution is 0.111. The van der Waals surface area contributed by atoms with Crippen LogP contribution in [-0.4, -0.2) is 22.8 Å². The van der Waals surface area contributed by atoms with Gasteiger partial charge in [-0.15, -0.1) is 11.3 Å². The number of aldehydes is 1. The molecule has 20 heavy (non-hydrogen) atoms. The number of imidazole rings is 1. The van der Waals surface area contributed by atoms with Crippen molar-refractivity contribution in [3.63, 3.8) is 0 Å². The van der Waals surface area contributed by atoms with Gasteiger partial charge in [0, 0.05) is 16.1 Å². The van der Waals surface area contributed by atoms with Crippen LogP contribution in [0, 0.1) is 13.8 Å². The Morgan fingerprint density at radius 3 is 2.55 bits per heavy atom. The van der Waals surface area contributed by atoms with Gasteiger partial charge in [-0.05, 0) is 38.1 Å². The second-order valence-corrected chi connectivity index (χ2v) is 5.74. The number of nitrogens with zero attached hydrogens (tertiary/aromatic N) is 2. The summed E-state index contributed by atoms with van der Waals surface area (Å²) in [5.74, 6) is 0.787. The van der Waals surface area contributed by atoms with Gasteiger partial charge >= 0.3 is 0 Å². The topological polar surface area (TPSA) is 43.6 Å². The number of hydrogen-bond donors (Lipinski definition) is 0. The Morgan fingerprint density at radius 1 is 1.25 bits per heavy atom. The van der Waals surface area contributed by atoms with Crippen molar-refractivity contribution < 1.29 is 9.53 Å². The van der Waals surface area contributed by atoms with Crippen molar-refractivity contribution in [1.82, 2.24) is 9.38 Å². The zero-order valence-electron chi connectivity index (χ0n) is 11.5. The third-order valence-corrected chi connectivity index (χ3v) is 4.50. The normalized spacial score (nSPS) is 10.9. The van der Waals surface area contributed by atoms with Crippen LogP contribution >= 0.6 is 11.3 Å². The predicted octanol–water partition coefficient (Wildman–Crippen LogP) is 3.50. The van der Waals surface area contributed by atoms with Crippen molar-refractivity contribution in [2.45, 2.75) is 13.8 Å². The van der Waals surface area contributed by atoms with Gasteiger partial charge in [0.05, 0.1) is 7.11 Å². The number of rotatable bonds is 3. The van der Waals surface area contributed by atoms with E-state index in [1.165, 1.54) is 4.88 Å². The Labute approximate surface area is 120 Å². The fraction of sp³-hybridized carbons (Fsp3) is 0.200. The summed E-state index contributed by atoms with van der Waals surface area (Å²) in [5.41, 5.74) is 3.31. The highest BCUT2D eigenvalue weighted by Gasteiger charge is 2.17. The van der Waals surface area contributed by atoms with Gasteiger partial charge < -0.3 is 4.74 Å². The minimum Gasteiger partial charge on any atom is -0.497 e. The van der Waals surface area contributed by atoms with E-state index in [-0.39, 0.29) is 0 Å². The number of ether oxygens (including phenoxy) is 1. The second kappa shape index (κ2) is 4.76. The van der Waals surface area contributed by atoms with E-state index in [9.17, 15) is 4.79 Å². The van der Waals surface area contributed by atoms with Crippen LogP contribution in [0.2, 0.25) is 0 Å². The summed E-state index contributed by atoms with van der Waals surface area (Å²) < 4.78 is 7.07. The molecular weight excluding hydrogens is 272 g/mol. The van der Waals surface area contributed by atoms with Crippen molar-refractivity contribution in [2.75, 3.05) is 7.11 Å². The molecule has 0 saturated carbocycles. The molecule has 0 fully saturated rings. The molecule has 0 unspecified atom stereocenters. The molecule has 0 bridgehead atoms. The van der Waals surface area contributed by atoms with Crippen molar-refractivity contribution in [3.8, 4) is 17.0 Å².